The highest BCUT2D eigenvalue weighted by Crippen LogP contribution is 2.26. The van der Waals surface area contributed by atoms with Gasteiger partial charge in [-0.1, -0.05) is 30.3 Å². The van der Waals surface area contributed by atoms with Crippen molar-refractivity contribution in [3.63, 3.8) is 0 Å². The minimum Gasteiger partial charge on any atom is -0.311 e. The van der Waals surface area contributed by atoms with Crippen LogP contribution in [0.25, 0.3) is 0 Å². The fraction of sp³-hybridized carbons (Fsp3) is 0.357. The molecule has 0 atom stereocenters. The lowest BCUT2D eigenvalue weighted by atomic mass is 10.1. The number of rotatable bonds is 7. The molecule has 19 heavy (non-hydrogen) atoms. The van der Waals surface area contributed by atoms with Crippen molar-refractivity contribution in [2.75, 3.05) is 13.1 Å². The van der Waals surface area contributed by atoms with Gasteiger partial charge in [0.1, 0.15) is 0 Å². The molecule has 0 radical (unpaired) electrons. The van der Waals surface area contributed by atoms with Crippen LogP contribution in [0.2, 0.25) is 0 Å². The monoisotopic (exact) mass is 265 g/mol. The van der Waals surface area contributed by atoms with Crippen molar-refractivity contribution in [1.82, 2.24) is 15.1 Å². The summed E-state index contributed by atoms with van der Waals surface area (Å²) in [7, 11) is 0. The number of hydrogen-bond donors (Lipinski definition) is 1. The summed E-state index contributed by atoms with van der Waals surface area (Å²) < 4.78 is 29.3. The number of halogens is 2. The van der Waals surface area contributed by atoms with Crippen molar-refractivity contribution in [3.8, 4) is 0 Å². The maximum Gasteiger partial charge on any atom is 0.285 e. The Balaban J connectivity index is 1.70. The molecule has 0 unspecified atom stereocenters. The minimum atomic E-state index is -2.83. The Morgan fingerprint density at radius 1 is 1.16 bits per heavy atom. The van der Waals surface area contributed by atoms with Crippen LogP contribution in [0.3, 0.4) is 0 Å². The molecule has 0 saturated heterocycles. The summed E-state index contributed by atoms with van der Waals surface area (Å²) in [5.74, 6) is -2.83. The molecule has 2 rings (SSSR count). The second-order valence-corrected chi connectivity index (χ2v) is 4.37. The molecule has 0 fully saturated rings. The third-order valence-corrected chi connectivity index (χ3v) is 2.84. The van der Waals surface area contributed by atoms with E-state index >= 15 is 0 Å². The largest absolute Gasteiger partial charge is 0.311 e. The predicted octanol–water partition coefficient (Wildman–Crippen LogP) is 2.65. The van der Waals surface area contributed by atoms with Crippen LogP contribution >= 0.6 is 0 Å². The van der Waals surface area contributed by atoms with Crippen LogP contribution in [0.1, 0.15) is 12.0 Å². The molecule has 0 spiro atoms. The summed E-state index contributed by atoms with van der Waals surface area (Å²) in [5, 5.41) is 6.85. The van der Waals surface area contributed by atoms with Crippen molar-refractivity contribution in [1.29, 1.82) is 0 Å². The first-order valence-electron chi connectivity index (χ1n) is 6.30. The summed E-state index contributed by atoms with van der Waals surface area (Å²) in [5.41, 5.74) is 0.0505. The normalized spacial score (nSPS) is 11.7. The van der Waals surface area contributed by atoms with E-state index in [0.717, 1.165) is 13.0 Å². The Morgan fingerprint density at radius 2 is 1.95 bits per heavy atom. The fourth-order valence-corrected chi connectivity index (χ4v) is 1.83. The number of hydrogen-bond acceptors (Lipinski definition) is 2. The summed E-state index contributed by atoms with van der Waals surface area (Å²) in [6.45, 7) is 0.940. The van der Waals surface area contributed by atoms with Crippen LogP contribution in [0.4, 0.5) is 8.78 Å². The topological polar surface area (TPSA) is 29.9 Å². The van der Waals surface area contributed by atoms with Gasteiger partial charge in [0.15, 0.2) is 0 Å². The van der Waals surface area contributed by atoms with E-state index in [-0.39, 0.29) is 12.1 Å². The molecule has 0 aliphatic heterocycles. The van der Waals surface area contributed by atoms with E-state index in [4.69, 9.17) is 0 Å². The quantitative estimate of drug-likeness (QED) is 0.780. The zero-order chi connectivity index (χ0) is 13.6. The summed E-state index contributed by atoms with van der Waals surface area (Å²) in [6.07, 6.45) is 4.34. The van der Waals surface area contributed by atoms with Gasteiger partial charge in [0.25, 0.3) is 5.92 Å². The van der Waals surface area contributed by atoms with Crippen molar-refractivity contribution in [3.05, 3.63) is 54.4 Å². The lowest BCUT2D eigenvalue weighted by Gasteiger charge is -2.17. The summed E-state index contributed by atoms with van der Waals surface area (Å²) >= 11 is 0. The lowest BCUT2D eigenvalue weighted by molar-refractivity contribution is -0.00304. The van der Waals surface area contributed by atoms with Gasteiger partial charge >= 0.3 is 0 Å². The second kappa shape index (κ2) is 6.43. The molecule has 1 heterocycles. The predicted molar refractivity (Wildman–Crippen MR) is 70.0 cm³/mol. The molecule has 102 valence electrons. The van der Waals surface area contributed by atoms with E-state index in [0.29, 0.717) is 6.54 Å². The number of aryl methyl sites for hydroxylation is 1. The van der Waals surface area contributed by atoms with Gasteiger partial charge in [0.2, 0.25) is 0 Å². The SMILES string of the molecule is FC(F)(CNCCCn1cccn1)c1ccccc1. The molecule has 3 nitrogen and oxygen atoms in total. The van der Waals surface area contributed by atoms with Gasteiger partial charge in [-0.3, -0.25) is 4.68 Å². The first-order valence-corrected chi connectivity index (χ1v) is 6.30. The number of nitrogens with zero attached hydrogens (tertiary/aromatic N) is 2. The average Bonchev–Trinajstić information content (AvgIpc) is 2.92. The average molecular weight is 265 g/mol. The molecule has 0 aliphatic rings. The van der Waals surface area contributed by atoms with E-state index in [1.54, 1.807) is 29.1 Å². The minimum absolute atomic E-state index is 0.0505. The summed E-state index contributed by atoms with van der Waals surface area (Å²) in [6, 6.07) is 9.73. The highest BCUT2D eigenvalue weighted by molar-refractivity contribution is 5.20. The lowest BCUT2D eigenvalue weighted by Crippen LogP contribution is -2.31. The molecular formula is C14H17F2N3. The first kappa shape index (κ1) is 13.7. The molecule has 0 aliphatic carbocycles. The number of benzene rings is 1. The van der Waals surface area contributed by atoms with Crippen molar-refractivity contribution in [2.45, 2.75) is 18.9 Å². The standard InChI is InChI=1S/C14H17F2N3/c15-14(16,13-6-2-1-3-7-13)12-17-8-4-10-19-11-5-9-18-19/h1-3,5-7,9,11,17H,4,8,10,12H2. The van der Waals surface area contributed by atoms with Crippen LogP contribution < -0.4 is 5.32 Å². The highest BCUT2D eigenvalue weighted by Gasteiger charge is 2.30. The van der Waals surface area contributed by atoms with Crippen LogP contribution in [0.5, 0.6) is 0 Å². The van der Waals surface area contributed by atoms with Gasteiger partial charge in [0, 0.05) is 24.5 Å². The Kier molecular flexibility index (Phi) is 4.63. The molecule has 2 aromatic rings. The van der Waals surface area contributed by atoms with E-state index in [1.165, 1.54) is 12.1 Å². The smallest absolute Gasteiger partial charge is 0.285 e. The zero-order valence-corrected chi connectivity index (χ0v) is 10.6. The molecule has 5 heteroatoms. The van der Waals surface area contributed by atoms with Gasteiger partial charge in [-0.2, -0.15) is 13.9 Å². The van der Waals surface area contributed by atoms with Gasteiger partial charge in [-0.25, -0.2) is 0 Å². The zero-order valence-electron chi connectivity index (χ0n) is 10.6. The highest BCUT2D eigenvalue weighted by atomic mass is 19.3. The molecule has 0 saturated carbocycles. The molecule has 1 aromatic carbocycles. The van der Waals surface area contributed by atoms with E-state index in [9.17, 15) is 8.78 Å². The Labute approximate surface area is 111 Å². The van der Waals surface area contributed by atoms with Gasteiger partial charge in [-0.05, 0) is 19.0 Å². The van der Waals surface area contributed by atoms with Crippen LogP contribution in [0.15, 0.2) is 48.8 Å². The van der Waals surface area contributed by atoms with Gasteiger partial charge < -0.3 is 5.32 Å². The fourth-order valence-electron chi connectivity index (χ4n) is 1.83. The Morgan fingerprint density at radius 3 is 2.63 bits per heavy atom. The summed E-state index contributed by atoms with van der Waals surface area (Å²) in [4.78, 5) is 0. The second-order valence-electron chi connectivity index (χ2n) is 4.37. The Bertz CT molecular complexity index is 469. The van der Waals surface area contributed by atoms with E-state index in [2.05, 4.69) is 10.4 Å². The molecular weight excluding hydrogens is 248 g/mol. The van der Waals surface area contributed by atoms with Crippen molar-refractivity contribution < 1.29 is 8.78 Å². The van der Waals surface area contributed by atoms with Crippen molar-refractivity contribution >= 4 is 0 Å². The molecule has 1 N–H and O–H groups in total. The van der Waals surface area contributed by atoms with Gasteiger partial charge in [-0.15, -0.1) is 0 Å². The van der Waals surface area contributed by atoms with Crippen LogP contribution in [0, 0.1) is 0 Å². The first-order chi connectivity index (χ1) is 9.18. The Hall–Kier alpha value is -1.75. The van der Waals surface area contributed by atoms with Gasteiger partial charge in [0.05, 0.1) is 6.54 Å². The number of aromatic nitrogens is 2. The third kappa shape index (κ3) is 4.13. The van der Waals surface area contributed by atoms with E-state index in [1.807, 2.05) is 12.3 Å². The molecule has 1 aromatic heterocycles. The third-order valence-electron chi connectivity index (χ3n) is 2.84. The van der Waals surface area contributed by atoms with Crippen LogP contribution in [-0.4, -0.2) is 22.9 Å². The number of alkyl halides is 2. The molecule has 0 amide bonds. The van der Waals surface area contributed by atoms with E-state index < -0.39 is 5.92 Å². The maximum absolute atomic E-state index is 13.8. The number of nitrogens with one attached hydrogen (secondary N) is 1. The maximum atomic E-state index is 13.8. The van der Waals surface area contributed by atoms with Crippen LogP contribution in [-0.2, 0) is 12.5 Å². The van der Waals surface area contributed by atoms with Crippen molar-refractivity contribution in [2.24, 2.45) is 0 Å². The molecule has 0 bridgehead atoms.